The second-order valence-corrected chi connectivity index (χ2v) is 15.8. The summed E-state index contributed by atoms with van der Waals surface area (Å²) >= 11 is 3.81. The van der Waals surface area contributed by atoms with Crippen molar-refractivity contribution < 1.29 is 0 Å². The molecule has 0 N–H and O–H groups in total. The molecule has 1 nitrogen and oxygen atoms in total. The Labute approximate surface area is 311 Å². The number of rotatable bonds is 3. The van der Waals surface area contributed by atoms with Crippen LogP contribution < -0.4 is 0 Å². The third-order valence-electron chi connectivity index (χ3n) is 10.9. The van der Waals surface area contributed by atoms with Crippen molar-refractivity contribution in [2.75, 3.05) is 0 Å². The molecule has 1 atom stereocenters. The van der Waals surface area contributed by atoms with E-state index in [0.717, 1.165) is 0 Å². The molecule has 244 valence electrons. The molecule has 0 amide bonds. The molecule has 8 aromatic carbocycles. The second-order valence-electron chi connectivity index (χ2n) is 13.6. The van der Waals surface area contributed by atoms with Gasteiger partial charge in [0.1, 0.15) is 0 Å². The summed E-state index contributed by atoms with van der Waals surface area (Å²) in [6, 6.07) is 69.8. The van der Waals surface area contributed by atoms with Crippen molar-refractivity contribution in [2.24, 2.45) is 0 Å². The van der Waals surface area contributed by atoms with Crippen LogP contribution in [0.3, 0.4) is 0 Å². The van der Waals surface area contributed by atoms with Crippen LogP contribution in [0.5, 0.6) is 0 Å². The molecule has 11 rings (SSSR count). The highest BCUT2D eigenvalue weighted by molar-refractivity contribution is 8.00. The molecule has 2 aliphatic heterocycles. The highest BCUT2D eigenvalue weighted by Gasteiger charge is 2.50. The van der Waals surface area contributed by atoms with E-state index in [0.29, 0.717) is 0 Å². The van der Waals surface area contributed by atoms with Crippen molar-refractivity contribution >= 4 is 45.3 Å². The smallest absolute Gasteiger partial charge is 0.0751 e. The molecule has 2 aliphatic rings. The fraction of sp³-hybridized carbons (Fsp3) is 0.0204. The molecule has 0 saturated heterocycles. The summed E-state index contributed by atoms with van der Waals surface area (Å²) in [5.74, 6) is 0. The Morgan fingerprint density at radius 2 is 0.962 bits per heavy atom. The Kier molecular flexibility index (Phi) is 6.70. The van der Waals surface area contributed by atoms with Gasteiger partial charge in [-0.2, -0.15) is 0 Å². The summed E-state index contributed by atoms with van der Waals surface area (Å²) in [5.41, 5.74) is 13.5. The molecule has 0 saturated carbocycles. The molecule has 0 aliphatic carbocycles. The third kappa shape index (κ3) is 4.27. The van der Waals surface area contributed by atoms with Crippen molar-refractivity contribution in [1.29, 1.82) is 0 Å². The van der Waals surface area contributed by atoms with E-state index in [4.69, 9.17) is 0 Å². The van der Waals surface area contributed by atoms with Crippen LogP contribution in [0, 0.1) is 0 Å². The van der Waals surface area contributed by atoms with E-state index in [-0.39, 0.29) is 0 Å². The van der Waals surface area contributed by atoms with Crippen LogP contribution in [-0.2, 0) is 5.41 Å². The number of para-hydroxylation sites is 2. The molecule has 52 heavy (non-hydrogen) atoms. The van der Waals surface area contributed by atoms with Crippen LogP contribution in [0.4, 0.5) is 0 Å². The molecule has 0 radical (unpaired) electrons. The molecule has 3 heterocycles. The van der Waals surface area contributed by atoms with E-state index < -0.39 is 5.41 Å². The molecule has 3 heteroatoms. The van der Waals surface area contributed by atoms with Crippen LogP contribution in [0.15, 0.2) is 208 Å². The summed E-state index contributed by atoms with van der Waals surface area (Å²) < 4.78 is 2.40. The lowest BCUT2D eigenvalue weighted by molar-refractivity contribution is 0.669. The van der Waals surface area contributed by atoms with Gasteiger partial charge < -0.3 is 4.57 Å². The zero-order valence-corrected chi connectivity index (χ0v) is 29.8. The Hall–Kier alpha value is -5.74. The minimum atomic E-state index is -0.507. The molecule has 1 unspecified atom stereocenters. The number of hydrogen-bond acceptors (Lipinski definition) is 2. The number of benzene rings is 8. The monoisotopic (exact) mass is 697 g/mol. The average molecular weight is 698 g/mol. The number of hydrogen-bond donors (Lipinski definition) is 0. The van der Waals surface area contributed by atoms with Crippen molar-refractivity contribution in [3.05, 3.63) is 210 Å². The van der Waals surface area contributed by atoms with Gasteiger partial charge in [0.25, 0.3) is 0 Å². The van der Waals surface area contributed by atoms with E-state index in [2.05, 4.69) is 193 Å². The van der Waals surface area contributed by atoms with Crippen LogP contribution >= 0.6 is 23.5 Å². The Morgan fingerprint density at radius 1 is 0.365 bits per heavy atom. The van der Waals surface area contributed by atoms with Crippen LogP contribution in [0.25, 0.3) is 49.7 Å². The molecular formula is C49H31NS2. The number of fused-ring (bicyclic) bond motifs is 11. The van der Waals surface area contributed by atoms with Gasteiger partial charge in [0.15, 0.2) is 0 Å². The van der Waals surface area contributed by atoms with Gasteiger partial charge in [-0.15, -0.1) is 0 Å². The number of aromatic nitrogens is 1. The minimum Gasteiger partial charge on any atom is -0.309 e. The van der Waals surface area contributed by atoms with Crippen LogP contribution in [-0.4, -0.2) is 4.57 Å². The second kappa shape index (κ2) is 11.6. The fourth-order valence-electron chi connectivity index (χ4n) is 8.77. The largest absolute Gasteiger partial charge is 0.309 e. The summed E-state index contributed by atoms with van der Waals surface area (Å²) in [5, 5.41) is 2.53. The SMILES string of the molecule is c1ccc(-c2ccc3c(c2)Sc2ccccc2C32c3ccccc3Sc3cccc(-c4ccc5c(c4)c4ccccc4n5-c4ccccc4)c32)cc1. The first-order valence-corrected chi connectivity index (χ1v) is 19.4. The van der Waals surface area contributed by atoms with E-state index in [9.17, 15) is 0 Å². The van der Waals surface area contributed by atoms with E-state index in [1.807, 2.05) is 23.5 Å². The highest BCUT2D eigenvalue weighted by Crippen LogP contribution is 2.63. The van der Waals surface area contributed by atoms with Crippen molar-refractivity contribution in [3.63, 3.8) is 0 Å². The van der Waals surface area contributed by atoms with Gasteiger partial charge in [-0.3, -0.25) is 0 Å². The van der Waals surface area contributed by atoms with Gasteiger partial charge in [0.05, 0.1) is 16.4 Å². The first kappa shape index (κ1) is 29.9. The lowest BCUT2D eigenvalue weighted by atomic mass is 9.62. The standard InChI is InChI=1S/C49H31NS2/c1-3-14-32(15-4-1)33-26-28-41-47(31-33)52-45-24-12-9-21-40(45)49(41)39-20-8-11-23-44(39)51-46-25-13-19-36(48(46)49)34-27-29-43-38(30-34)37-18-7-10-22-42(37)50(43)35-16-5-2-6-17-35/h1-31H. The van der Waals surface area contributed by atoms with E-state index in [1.54, 1.807) is 0 Å². The van der Waals surface area contributed by atoms with Crippen molar-refractivity contribution in [2.45, 2.75) is 25.0 Å². The number of nitrogens with zero attached hydrogens (tertiary/aromatic N) is 1. The third-order valence-corrected chi connectivity index (χ3v) is 13.2. The first-order valence-electron chi connectivity index (χ1n) is 17.8. The highest BCUT2D eigenvalue weighted by atomic mass is 32.2. The maximum absolute atomic E-state index is 2.44. The predicted octanol–water partition coefficient (Wildman–Crippen LogP) is 13.4. The first-order chi connectivity index (χ1) is 25.8. The van der Waals surface area contributed by atoms with E-state index >= 15 is 0 Å². The molecule has 1 spiro atoms. The Morgan fingerprint density at radius 3 is 1.75 bits per heavy atom. The quantitative estimate of drug-likeness (QED) is 0.181. The zero-order valence-electron chi connectivity index (χ0n) is 28.2. The average Bonchev–Trinajstić information content (AvgIpc) is 3.54. The minimum absolute atomic E-state index is 0.507. The summed E-state index contributed by atoms with van der Waals surface area (Å²) in [6.07, 6.45) is 0. The molecule has 9 aromatic rings. The van der Waals surface area contributed by atoms with Gasteiger partial charge >= 0.3 is 0 Å². The normalized spacial score (nSPS) is 15.6. The molecular weight excluding hydrogens is 667 g/mol. The van der Waals surface area contributed by atoms with Gasteiger partial charge in [-0.1, -0.05) is 157 Å². The summed E-state index contributed by atoms with van der Waals surface area (Å²) in [7, 11) is 0. The molecule has 0 fully saturated rings. The maximum atomic E-state index is 2.44. The van der Waals surface area contributed by atoms with Gasteiger partial charge in [-0.25, -0.2) is 0 Å². The van der Waals surface area contributed by atoms with Crippen LogP contribution in [0.2, 0.25) is 0 Å². The summed E-state index contributed by atoms with van der Waals surface area (Å²) in [6.45, 7) is 0. The van der Waals surface area contributed by atoms with Crippen molar-refractivity contribution in [3.8, 4) is 27.9 Å². The lowest BCUT2D eigenvalue weighted by Gasteiger charge is -2.46. The molecule has 0 bridgehead atoms. The van der Waals surface area contributed by atoms with Crippen molar-refractivity contribution in [1.82, 2.24) is 4.57 Å². The maximum Gasteiger partial charge on any atom is 0.0751 e. The predicted molar refractivity (Wildman–Crippen MR) is 218 cm³/mol. The lowest BCUT2D eigenvalue weighted by Crippen LogP contribution is -2.37. The Balaban J connectivity index is 1.22. The zero-order chi connectivity index (χ0) is 34.2. The topological polar surface area (TPSA) is 4.93 Å². The van der Waals surface area contributed by atoms with Gasteiger partial charge in [-0.05, 0) is 99.1 Å². The molecule has 1 aromatic heterocycles. The Bertz CT molecular complexity index is 2840. The fourth-order valence-corrected chi connectivity index (χ4v) is 11.2. The van der Waals surface area contributed by atoms with Crippen LogP contribution in [0.1, 0.15) is 22.3 Å². The van der Waals surface area contributed by atoms with E-state index in [1.165, 1.54) is 91.6 Å². The van der Waals surface area contributed by atoms with Gasteiger partial charge in [0.2, 0.25) is 0 Å². The summed E-state index contributed by atoms with van der Waals surface area (Å²) in [4.78, 5) is 5.24. The van der Waals surface area contributed by atoms with Gasteiger partial charge in [0, 0.05) is 36.0 Å².